The third-order valence-corrected chi connectivity index (χ3v) is 6.52. The number of anilines is 1. The second-order valence-electron chi connectivity index (χ2n) is 9.00. The van der Waals surface area contributed by atoms with E-state index in [-0.39, 0.29) is 35.6 Å². The molecule has 6 heterocycles. The van der Waals surface area contributed by atoms with Gasteiger partial charge in [-0.1, -0.05) is 6.07 Å². The Morgan fingerprint density at radius 3 is 2.54 bits per heavy atom. The van der Waals surface area contributed by atoms with E-state index >= 15 is 0 Å². The molecule has 0 spiro atoms. The largest absolute Gasteiger partial charge is 0.383 e. The van der Waals surface area contributed by atoms with Gasteiger partial charge in [-0.2, -0.15) is 0 Å². The van der Waals surface area contributed by atoms with Crippen LogP contribution in [0.25, 0.3) is 22.2 Å². The average molecular weight is 531 g/mol. The molecule has 0 fully saturated rings. The summed E-state index contributed by atoms with van der Waals surface area (Å²) in [5, 5.41) is 0. The number of hydrogen-bond acceptors (Lipinski definition) is 7. The van der Waals surface area contributed by atoms with Crippen molar-refractivity contribution < 1.29 is 22.7 Å². The number of nitrogen functional groups attached to an aromatic ring is 1. The second kappa shape index (κ2) is 9.80. The van der Waals surface area contributed by atoms with Crippen LogP contribution in [0.5, 0.6) is 0 Å². The van der Waals surface area contributed by atoms with Gasteiger partial charge in [0.25, 0.3) is 5.91 Å². The SMILES string of the molecule is Nc1nc2cc(C(=O)N(Cc3ccc(-c4c(F)cncc4F)cn3)Cc3ncccc3F)[nH]c2c2c1COC2. The summed E-state index contributed by atoms with van der Waals surface area (Å²) in [5.74, 6) is -2.33. The Kier molecular flexibility index (Phi) is 6.15. The minimum Gasteiger partial charge on any atom is -0.383 e. The number of amides is 1. The zero-order chi connectivity index (χ0) is 27.1. The van der Waals surface area contributed by atoms with Crippen LogP contribution in [-0.4, -0.2) is 35.7 Å². The van der Waals surface area contributed by atoms with E-state index in [1.54, 1.807) is 12.1 Å². The number of halogens is 3. The monoisotopic (exact) mass is 531 g/mol. The lowest BCUT2D eigenvalue weighted by Crippen LogP contribution is -2.31. The molecule has 1 amide bonds. The molecule has 1 aliphatic heterocycles. The van der Waals surface area contributed by atoms with E-state index in [0.717, 1.165) is 23.5 Å². The molecule has 6 rings (SSSR count). The fourth-order valence-corrected chi connectivity index (χ4v) is 4.59. The number of aromatic nitrogens is 5. The number of nitrogens with two attached hydrogens (primary N) is 1. The van der Waals surface area contributed by atoms with Gasteiger partial charge in [0.1, 0.15) is 17.3 Å². The fourth-order valence-electron chi connectivity index (χ4n) is 4.59. The van der Waals surface area contributed by atoms with E-state index in [4.69, 9.17) is 10.5 Å². The molecule has 0 bridgehead atoms. The van der Waals surface area contributed by atoms with Crippen molar-refractivity contribution in [3.05, 3.63) is 101 Å². The summed E-state index contributed by atoms with van der Waals surface area (Å²) in [6.07, 6.45) is 4.57. The first-order chi connectivity index (χ1) is 18.9. The Labute approximate surface area is 219 Å². The summed E-state index contributed by atoms with van der Waals surface area (Å²) >= 11 is 0. The van der Waals surface area contributed by atoms with Crippen molar-refractivity contribution in [2.45, 2.75) is 26.3 Å². The van der Waals surface area contributed by atoms with Crippen LogP contribution in [0.4, 0.5) is 19.0 Å². The lowest BCUT2D eigenvalue weighted by atomic mass is 10.1. The number of carbonyl (C=O) groups excluding carboxylic acids is 1. The number of ether oxygens (including phenoxy) is 1. The van der Waals surface area contributed by atoms with Crippen LogP contribution in [0.1, 0.15) is 33.0 Å². The standard InChI is InChI=1S/C27H20F3N7O2/c28-18-2-1-5-33-23(18)11-37(10-15-4-3-14(7-34-15)24-19(29)8-32-9-20(24)30)27(38)22-6-21-25(35-22)16-12-39-13-17(16)26(31)36-21/h1-9,35H,10-13H2,(H2,31,36). The molecule has 0 saturated heterocycles. The van der Waals surface area contributed by atoms with E-state index in [0.29, 0.717) is 35.8 Å². The zero-order valence-corrected chi connectivity index (χ0v) is 20.3. The molecule has 0 aromatic carbocycles. The first-order valence-corrected chi connectivity index (χ1v) is 11.9. The van der Waals surface area contributed by atoms with Crippen molar-refractivity contribution >= 4 is 22.8 Å². The number of nitrogens with zero attached hydrogens (tertiary/aromatic N) is 5. The number of aromatic amines is 1. The van der Waals surface area contributed by atoms with Gasteiger partial charge in [-0.05, 0) is 24.3 Å². The molecule has 196 valence electrons. The Morgan fingerprint density at radius 1 is 1.00 bits per heavy atom. The number of pyridine rings is 4. The van der Waals surface area contributed by atoms with Crippen LogP contribution in [0.15, 0.2) is 55.1 Å². The molecule has 3 N–H and O–H groups in total. The topological polar surface area (TPSA) is 123 Å². The molecule has 0 unspecified atom stereocenters. The van der Waals surface area contributed by atoms with Gasteiger partial charge in [0.05, 0.1) is 66.7 Å². The van der Waals surface area contributed by atoms with E-state index < -0.39 is 23.4 Å². The molecule has 12 heteroatoms. The number of nitrogens with one attached hydrogen (secondary N) is 1. The Bertz CT molecular complexity index is 1700. The molecule has 39 heavy (non-hydrogen) atoms. The van der Waals surface area contributed by atoms with E-state index in [2.05, 4.69) is 24.9 Å². The molecule has 1 aliphatic rings. The van der Waals surface area contributed by atoms with Crippen LogP contribution < -0.4 is 5.73 Å². The molecule has 0 atom stereocenters. The molecule has 0 saturated carbocycles. The highest BCUT2D eigenvalue weighted by Crippen LogP contribution is 2.31. The van der Waals surface area contributed by atoms with E-state index in [1.807, 2.05) is 0 Å². The molecule has 9 nitrogen and oxygen atoms in total. The van der Waals surface area contributed by atoms with Crippen LogP contribution in [0.2, 0.25) is 0 Å². The van der Waals surface area contributed by atoms with Gasteiger partial charge in [0.15, 0.2) is 11.6 Å². The summed E-state index contributed by atoms with van der Waals surface area (Å²) in [4.78, 5) is 34.5. The number of fused-ring (bicyclic) bond motifs is 3. The maximum Gasteiger partial charge on any atom is 0.271 e. The second-order valence-corrected chi connectivity index (χ2v) is 9.00. The normalized spacial score (nSPS) is 12.6. The minimum atomic E-state index is -0.822. The molecule has 5 aromatic heterocycles. The smallest absolute Gasteiger partial charge is 0.271 e. The van der Waals surface area contributed by atoms with E-state index in [1.165, 1.54) is 35.5 Å². The molecular weight excluding hydrogens is 511 g/mol. The molecular formula is C27H20F3N7O2. The zero-order valence-electron chi connectivity index (χ0n) is 20.3. The Balaban J connectivity index is 1.34. The summed E-state index contributed by atoms with van der Waals surface area (Å²) in [7, 11) is 0. The quantitative estimate of drug-likeness (QED) is 0.335. The predicted octanol–water partition coefficient (Wildman–Crippen LogP) is 4.29. The van der Waals surface area contributed by atoms with Gasteiger partial charge >= 0.3 is 0 Å². The summed E-state index contributed by atoms with van der Waals surface area (Å²) < 4.78 is 48.3. The number of H-pyrrole nitrogens is 1. The minimum absolute atomic E-state index is 0.0391. The van der Waals surface area contributed by atoms with Crippen molar-refractivity contribution in [2.24, 2.45) is 0 Å². The third-order valence-electron chi connectivity index (χ3n) is 6.52. The first-order valence-electron chi connectivity index (χ1n) is 11.9. The number of hydrogen-bond donors (Lipinski definition) is 2. The third kappa shape index (κ3) is 4.55. The van der Waals surface area contributed by atoms with Gasteiger partial charge < -0.3 is 20.4 Å². The highest BCUT2D eigenvalue weighted by molar-refractivity contribution is 5.98. The summed E-state index contributed by atoms with van der Waals surface area (Å²) in [6, 6.07) is 7.34. The maximum atomic E-state index is 14.5. The van der Waals surface area contributed by atoms with Gasteiger partial charge in [-0.25, -0.2) is 18.2 Å². The van der Waals surface area contributed by atoms with Gasteiger partial charge in [0.2, 0.25) is 0 Å². The number of rotatable bonds is 6. The van der Waals surface area contributed by atoms with Crippen LogP contribution in [-0.2, 0) is 31.0 Å². The Morgan fingerprint density at radius 2 is 1.79 bits per heavy atom. The van der Waals surface area contributed by atoms with Crippen LogP contribution in [0, 0.1) is 17.5 Å². The lowest BCUT2D eigenvalue weighted by Gasteiger charge is -2.22. The van der Waals surface area contributed by atoms with Gasteiger partial charge in [-0.15, -0.1) is 0 Å². The van der Waals surface area contributed by atoms with Crippen molar-refractivity contribution in [3.8, 4) is 11.1 Å². The van der Waals surface area contributed by atoms with Gasteiger partial charge in [0, 0.05) is 29.1 Å². The molecule has 0 aliphatic carbocycles. The fraction of sp³-hybridized carbons (Fsp3) is 0.148. The highest BCUT2D eigenvalue weighted by Gasteiger charge is 2.25. The molecule has 0 radical (unpaired) electrons. The van der Waals surface area contributed by atoms with Crippen molar-refractivity contribution in [3.63, 3.8) is 0 Å². The summed E-state index contributed by atoms with van der Waals surface area (Å²) in [6.45, 7) is 0.480. The van der Waals surface area contributed by atoms with Crippen LogP contribution in [0.3, 0.4) is 0 Å². The highest BCUT2D eigenvalue weighted by atomic mass is 19.1. The van der Waals surface area contributed by atoms with Crippen molar-refractivity contribution in [2.75, 3.05) is 5.73 Å². The number of carbonyl (C=O) groups is 1. The van der Waals surface area contributed by atoms with E-state index in [9.17, 15) is 18.0 Å². The average Bonchev–Trinajstić information content (AvgIpc) is 3.58. The maximum absolute atomic E-state index is 14.5. The first kappa shape index (κ1) is 24.5. The lowest BCUT2D eigenvalue weighted by molar-refractivity contribution is 0.0718. The predicted molar refractivity (Wildman–Crippen MR) is 134 cm³/mol. The summed E-state index contributed by atoms with van der Waals surface area (Å²) in [5.41, 5.74) is 9.48. The van der Waals surface area contributed by atoms with Crippen LogP contribution >= 0.6 is 0 Å². The molecule has 5 aromatic rings. The van der Waals surface area contributed by atoms with Gasteiger partial charge in [-0.3, -0.25) is 19.7 Å². The van der Waals surface area contributed by atoms with Crippen molar-refractivity contribution in [1.29, 1.82) is 0 Å². The Hall–Kier alpha value is -4.84. The van der Waals surface area contributed by atoms with Crippen molar-refractivity contribution in [1.82, 2.24) is 29.8 Å².